The van der Waals surface area contributed by atoms with E-state index in [-0.39, 0.29) is 6.42 Å². The van der Waals surface area contributed by atoms with Gasteiger partial charge < -0.3 is 5.11 Å². The fourth-order valence-corrected chi connectivity index (χ4v) is 0.359. The first-order chi connectivity index (χ1) is 4.27. The van der Waals surface area contributed by atoms with E-state index < -0.39 is 5.97 Å². The molecule has 0 aliphatic carbocycles. The molecule has 0 aromatic carbocycles. The van der Waals surface area contributed by atoms with Gasteiger partial charge >= 0.3 is 5.97 Å². The highest BCUT2D eigenvalue weighted by atomic mass is 16.4. The van der Waals surface area contributed by atoms with Crippen molar-refractivity contribution in [1.29, 1.82) is 0 Å². The molecule has 3 heteroatoms. The van der Waals surface area contributed by atoms with E-state index >= 15 is 0 Å². The smallest absolute Gasteiger partial charge is 0.303 e. The fraction of sp³-hybridized carbons (Fsp3) is 0.333. The van der Waals surface area contributed by atoms with Crippen LogP contribution in [-0.2, 0) is 9.59 Å². The first kappa shape index (κ1) is 7.88. The van der Waals surface area contributed by atoms with Crippen LogP contribution in [0, 0.1) is 0 Å². The second-order valence-electron chi connectivity index (χ2n) is 1.50. The third-order valence-electron chi connectivity index (χ3n) is 0.740. The molecule has 9 heavy (non-hydrogen) atoms. The number of aldehydes is 1. The highest BCUT2D eigenvalue weighted by Gasteiger charge is 1.90. The lowest BCUT2D eigenvalue weighted by Crippen LogP contribution is -1.91. The SMILES string of the molecule is O=C/C=C/CCC(=O)O. The van der Waals surface area contributed by atoms with Crippen LogP contribution in [-0.4, -0.2) is 17.4 Å². The van der Waals surface area contributed by atoms with Gasteiger partial charge in [-0.15, -0.1) is 0 Å². The molecular weight excluding hydrogens is 120 g/mol. The standard InChI is InChI=1S/C6H8O3/c7-5-3-1-2-4-6(8)9/h1,3,5H,2,4H2,(H,8,9)/b3-1+. The number of aliphatic carboxylic acids is 1. The van der Waals surface area contributed by atoms with E-state index in [1.165, 1.54) is 12.2 Å². The van der Waals surface area contributed by atoms with Gasteiger partial charge in [0.25, 0.3) is 0 Å². The van der Waals surface area contributed by atoms with E-state index in [0.29, 0.717) is 12.7 Å². The number of rotatable bonds is 4. The molecule has 0 saturated carbocycles. The van der Waals surface area contributed by atoms with Gasteiger partial charge in [-0.3, -0.25) is 9.59 Å². The van der Waals surface area contributed by atoms with E-state index in [9.17, 15) is 9.59 Å². The zero-order chi connectivity index (χ0) is 7.11. The van der Waals surface area contributed by atoms with Crippen LogP contribution in [0.1, 0.15) is 12.8 Å². The van der Waals surface area contributed by atoms with Crippen molar-refractivity contribution in [3.8, 4) is 0 Å². The molecule has 0 amide bonds. The van der Waals surface area contributed by atoms with Crippen molar-refractivity contribution in [1.82, 2.24) is 0 Å². The van der Waals surface area contributed by atoms with Crippen LogP contribution in [0.15, 0.2) is 12.2 Å². The Balaban J connectivity index is 3.19. The Kier molecular flexibility index (Phi) is 4.40. The highest BCUT2D eigenvalue weighted by molar-refractivity contribution is 5.67. The quantitative estimate of drug-likeness (QED) is 0.445. The van der Waals surface area contributed by atoms with Gasteiger partial charge in [0, 0.05) is 6.42 Å². The summed E-state index contributed by atoms with van der Waals surface area (Å²) < 4.78 is 0. The Labute approximate surface area is 53.0 Å². The number of allylic oxidation sites excluding steroid dienone is 2. The third-order valence-corrected chi connectivity index (χ3v) is 0.740. The van der Waals surface area contributed by atoms with Crippen molar-refractivity contribution in [3.05, 3.63) is 12.2 Å². The Morgan fingerprint density at radius 1 is 1.56 bits per heavy atom. The van der Waals surface area contributed by atoms with Crippen LogP contribution in [0.2, 0.25) is 0 Å². The molecule has 0 aromatic heterocycles. The van der Waals surface area contributed by atoms with E-state index in [1.54, 1.807) is 0 Å². The maximum atomic E-state index is 9.84. The Hall–Kier alpha value is -1.12. The van der Waals surface area contributed by atoms with Gasteiger partial charge in [0.15, 0.2) is 0 Å². The van der Waals surface area contributed by atoms with Gasteiger partial charge in [0.2, 0.25) is 0 Å². The van der Waals surface area contributed by atoms with E-state index in [0.717, 1.165) is 0 Å². The first-order valence-electron chi connectivity index (χ1n) is 2.59. The van der Waals surface area contributed by atoms with Gasteiger partial charge in [0.05, 0.1) is 0 Å². The highest BCUT2D eigenvalue weighted by Crippen LogP contribution is 1.88. The second kappa shape index (κ2) is 5.03. The molecule has 0 aromatic rings. The molecule has 0 aliphatic rings. The minimum atomic E-state index is -0.842. The summed E-state index contributed by atoms with van der Waals surface area (Å²) in [5, 5.41) is 8.09. The normalized spacial score (nSPS) is 9.78. The Morgan fingerprint density at radius 2 is 2.22 bits per heavy atom. The van der Waals surface area contributed by atoms with Crippen LogP contribution in [0.4, 0.5) is 0 Å². The molecule has 0 saturated heterocycles. The minimum absolute atomic E-state index is 0.0876. The number of carboxylic acids is 1. The predicted octanol–water partition coefficient (Wildman–Crippen LogP) is 0.606. The third kappa shape index (κ3) is 6.88. The molecule has 0 bridgehead atoms. The number of hydrogen-bond acceptors (Lipinski definition) is 2. The molecule has 0 atom stereocenters. The fourth-order valence-electron chi connectivity index (χ4n) is 0.359. The molecule has 0 heterocycles. The lowest BCUT2D eigenvalue weighted by Gasteiger charge is -1.83. The van der Waals surface area contributed by atoms with Crippen molar-refractivity contribution in [2.24, 2.45) is 0 Å². The van der Waals surface area contributed by atoms with Crippen molar-refractivity contribution < 1.29 is 14.7 Å². The molecular formula is C6H8O3. The lowest BCUT2D eigenvalue weighted by molar-refractivity contribution is -0.136. The maximum absolute atomic E-state index is 9.84. The summed E-state index contributed by atoms with van der Waals surface area (Å²) in [6.45, 7) is 0. The summed E-state index contributed by atoms with van der Waals surface area (Å²) in [5.74, 6) is -0.842. The van der Waals surface area contributed by atoms with Crippen molar-refractivity contribution >= 4 is 12.3 Å². The number of hydrogen-bond donors (Lipinski definition) is 1. The molecule has 1 N–H and O–H groups in total. The van der Waals surface area contributed by atoms with Crippen molar-refractivity contribution in [2.45, 2.75) is 12.8 Å². The zero-order valence-electron chi connectivity index (χ0n) is 4.91. The van der Waals surface area contributed by atoms with Gasteiger partial charge in [-0.1, -0.05) is 6.08 Å². The molecule has 50 valence electrons. The molecule has 0 unspecified atom stereocenters. The van der Waals surface area contributed by atoms with Crippen LogP contribution < -0.4 is 0 Å². The second-order valence-corrected chi connectivity index (χ2v) is 1.50. The summed E-state index contributed by atoms with van der Waals surface area (Å²) in [6.07, 6.45) is 3.96. The Bertz CT molecular complexity index is 126. The Morgan fingerprint density at radius 3 is 2.67 bits per heavy atom. The zero-order valence-corrected chi connectivity index (χ0v) is 4.91. The van der Waals surface area contributed by atoms with Gasteiger partial charge in [-0.05, 0) is 12.5 Å². The average molecular weight is 128 g/mol. The maximum Gasteiger partial charge on any atom is 0.303 e. The van der Waals surface area contributed by atoms with E-state index in [1.807, 2.05) is 0 Å². The van der Waals surface area contributed by atoms with Crippen LogP contribution in [0.5, 0.6) is 0 Å². The molecule has 0 fully saturated rings. The van der Waals surface area contributed by atoms with Crippen LogP contribution >= 0.6 is 0 Å². The molecule has 0 radical (unpaired) electrons. The summed E-state index contributed by atoms with van der Waals surface area (Å²) >= 11 is 0. The summed E-state index contributed by atoms with van der Waals surface area (Å²) in [6, 6.07) is 0. The lowest BCUT2D eigenvalue weighted by atomic mass is 10.3. The summed E-state index contributed by atoms with van der Waals surface area (Å²) in [5.41, 5.74) is 0. The van der Waals surface area contributed by atoms with Crippen molar-refractivity contribution in [3.63, 3.8) is 0 Å². The molecule has 0 rings (SSSR count). The van der Waals surface area contributed by atoms with Gasteiger partial charge in [0.1, 0.15) is 6.29 Å². The van der Waals surface area contributed by atoms with Crippen LogP contribution in [0.25, 0.3) is 0 Å². The minimum Gasteiger partial charge on any atom is -0.481 e. The van der Waals surface area contributed by atoms with Crippen molar-refractivity contribution in [2.75, 3.05) is 0 Å². The van der Waals surface area contributed by atoms with E-state index in [2.05, 4.69) is 0 Å². The topological polar surface area (TPSA) is 54.4 Å². The number of carboxylic acid groups (broad SMARTS) is 1. The summed E-state index contributed by atoms with van der Waals surface area (Å²) in [7, 11) is 0. The first-order valence-corrected chi connectivity index (χ1v) is 2.59. The molecule has 3 nitrogen and oxygen atoms in total. The van der Waals surface area contributed by atoms with Gasteiger partial charge in [-0.2, -0.15) is 0 Å². The van der Waals surface area contributed by atoms with Crippen LogP contribution in [0.3, 0.4) is 0 Å². The number of carbonyl (C=O) groups is 2. The average Bonchev–Trinajstić information content (AvgIpc) is 1.80. The van der Waals surface area contributed by atoms with E-state index in [4.69, 9.17) is 5.11 Å². The largest absolute Gasteiger partial charge is 0.481 e. The molecule has 0 spiro atoms. The van der Waals surface area contributed by atoms with Gasteiger partial charge in [-0.25, -0.2) is 0 Å². The summed E-state index contributed by atoms with van der Waals surface area (Å²) in [4.78, 5) is 19.5. The predicted molar refractivity (Wildman–Crippen MR) is 32.1 cm³/mol. The monoisotopic (exact) mass is 128 g/mol. The number of carbonyl (C=O) groups excluding carboxylic acids is 1. The molecule has 0 aliphatic heterocycles.